The van der Waals surface area contributed by atoms with Gasteiger partial charge in [-0.15, -0.1) is 0 Å². The van der Waals surface area contributed by atoms with Crippen LogP contribution in [0.3, 0.4) is 0 Å². The number of unbranched alkanes of at least 4 members (excludes halogenated alkanes) is 32. The van der Waals surface area contributed by atoms with Gasteiger partial charge in [0.15, 0.2) is 6.10 Å². The number of carboxylic acids is 1. The molecule has 0 saturated heterocycles. The van der Waals surface area contributed by atoms with Crippen molar-refractivity contribution >= 4 is 17.9 Å². The van der Waals surface area contributed by atoms with E-state index in [1.165, 1.54) is 180 Å². The average Bonchev–Trinajstić information content (AvgIpc) is 3.54. The highest BCUT2D eigenvalue weighted by Gasteiger charge is 2.25. The standard InChI is InChI=1S/C86H145NO8/c1-6-8-10-12-14-16-18-20-22-24-26-28-30-32-34-36-37-38-39-40-41-42-43-44-45-46-47-49-51-53-55-57-59-61-63-65-67-69-71-73-75-77-84(89)95-82(81-94-86(85(90)91)92-79-78-87(3,4)5)80-93-83(88)76-74-72-70-68-66-64-62-60-58-56-54-52-50-48-35-33-31-29-27-25-23-21-19-17-15-13-11-9-7-2/h8,10,14,16,19-22,25-28,31-34,37-38,40-41,43-44,46-47,82,86H,6-7,9,11-13,15,17-18,23-24,29-30,35-36,39,42,45,48-81H2,1-5H3/p+1/b10-8-,16-14-,21-19-,22-20-,27-25-,28-26-,33-31-,34-32-,38-37-,41-40-,44-43-,47-46-. The van der Waals surface area contributed by atoms with E-state index in [0.717, 1.165) is 109 Å². The van der Waals surface area contributed by atoms with Crippen LogP contribution in [0.5, 0.6) is 0 Å². The number of hydrogen-bond acceptors (Lipinski definition) is 7. The summed E-state index contributed by atoms with van der Waals surface area (Å²) in [5, 5.41) is 9.77. The minimum atomic E-state index is -1.52. The normalized spacial score (nSPS) is 13.5. The fourth-order valence-electron chi connectivity index (χ4n) is 10.7. The Hall–Kier alpha value is -4.83. The fraction of sp³-hybridized carbons (Fsp3) is 0.686. The Bertz CT molecular complexity index is 2080. The molecule has 0 bridgehead atoms. The van der Waals surface area contributed by atoms with Gasteiger partial charge < -0.3 is 28.5 Å². The van der Waals surface area contributed by atoms with Crippen LogP contribution in [0.2, 0.25) is 0 Å². The van der Waals surface area contributed by atoms with Gasteiger partial charge in [0.25, 0.3) is 6.29 Å². The molecule has 542 valence electrons. The van der Waals surface area contributed by atoms with Crippen molar-refractivity contribution in [3.8, 4) is 0 Å². The van der Waals surface area contributed by atoms with E-state index in [2.05, 4.69) is 160 Å². The molecule has 0 radical (unpaired) electrons. The van der Waals surface area contributed by atoms with Crippen molar-refractivity contribution in [3.63, 3.8) is 0 Å². The Kier molecular flexibility index (Phi) is 71.1. The lowest BCUT2D eigenvalue weighted by Crippen LogP contribution is -2.40. The molecular formula is C86H146NO8+. The first-order chi connectivity index (χ1) is 46.6. The highest BCUT2D eigenvalue weighted by Crippen LogP contribution is 2.17. The molecule has 0 spiro atoms. The van der Waals surface area contributed by atoms with Crippen LogP contribution in [0.4, 0.5) is 0 Å². The molecule has 0 aliphatic carbocycles. The highest BCUT2D eigenvalue weighted by atomic mass is 16.7. The lowest BCUT2D eigenvalue weighted by molar-refractivity contribution is -0.870. The van der Waals surface area contributed by atoms with Crippen molar-refractivity contribution in [2.45, 2.75) is 334 Å². The van der Waals surface area contributed by atoms with Crippen LogP contribution < -0.4 is 0 Å². The van der Waals surface area contributed by atoms with Crippen LogP contribution >= 0.6 is 0 Å². The topological polar surface area (TPSA) is 108 Å². The SMILES string of the molecule is CC/C=C\C/C=C\C/C=C\C/C=C\C/C=C\C/C=C\C/C=C\C/C=C\C/C=C\CCCCCCCCCCCCCCCC(=O)OC(COC(=O)CCCCCCCCCCCCCCCC/C=C\C/C=C\C/C=C\CCCCCCC)COC(OCC[N+](C)(C)C)C(=O)O. The number of hydrogen-bond donors (Lipinski definition) is 1. The summed E-state index contributed by atoms with van der Waals surface area (Å²) in [5.74, 6) is -2.00. The zero-order chi connectivity index (χ0) is 69.0. The van der Waals surface area contributed by atoms with E-state index in [0.29, 0.717) is 23.9 Å². The molecule has 0 amide bonds. The highest BCUT2D eigenvalue weighted by molar-refractivity contribution is 5.71. The number of rotatable bonds is 71. The Labute approximate surface area is 585 Å². The van der Waals surface area contributed by atoms with Gasteiger partial charge >= 0.3 is 17.9 Å². The van der Waals surface area contributed by atoms with Crippen LogP contribution in [0.25, 0.3) is 0 Å². The van der Waals surface area contributed by atoms with Crippen molar-refractivity contribution in [1.29, 1.82) is 0 Å². The number of allylic oxidation sites excluding steroid dienone is 24. The maximum Gasteiger partial charge on any atom is 0.361 e. The molecule has 0 aromatic carbocycles. The molecular weight excluding hydrogens is 1170 g/mol. The molecule has 0 rings (SSSR count). The first kappa shape index (κ1) is 90.2. The van der Waals surface area contributed by atoms with Gasteiger partial charge in [0.2, 0.25) is 0 Å². The largest absolute Gasteiger partial charge is 0.477 e. The maximum atomic E-state index is 13.0. The summed E-state index contributed by atoms with van der Waals surface area (Å²) in [7, 11) is 5.98. The van der Waals surface area contributed by atoms with Gasteiger partial charge in [-0.05, 0) is 122 Å². The van der Waals surface area contributed by atoms with Crippen LogP contribution in [-0.4, -0.2) is 87.4 Å². The van der Waals surface area contributed by atoms with Crippen molar-refractivity contribution in [2.75, 3.05) is 47.5 Å². The van der Waals surface area contributed by atoms with Gasteiger partial charge in [-0.1, -0.05) is 333 Å². The molecule has 2 unspecified atom stereocenters. The van der Waals surface area contributed by atoms with Crippen LogP contribution in [0.15, 0.2) is 146 Å². The van der Waals surface area contributed by atoms with Gasteiger partial charge in [-0.3, -0.25) is 9.59 Å². The number of ether oxygens (including phenoxy) is 4. The molecule has 0 aromatic heterocycles. The summed E-state index contributed by atoms with van der Waals surface area (Å²) in [6.45, 7) is 4.77. The van der Waals surface area contributed by atoms with Crippen molar-refractivity contribution in [1.82, 2.24) is 0 Å². The number of quaternary nitrogens is 1. The molecule has 0 fully saturated rings. The quantitative estimate of drug-likeness (QED) is 0.0211. The third kappa shape index (κ3) is 76.4. The molecule has 1 N–H and O–H groups in total. The van der Waals surface area contributed by atoms with E-state index < -0.39 is 24.3 Å². The lowest BCUT2D eigenvalue weighted by atomic mass is 10.0. The van der Waals surface area contributed by atoms with E-state index in [1.54, 1.807) is 0 Å². The molecule has 0 aromatic rings. The smallest absolute Gasteiger partial charge is 0.361 e. The predicted molar refractivity (Wildman–Crippen MR) is 410 cm³/mol. The molecule has 9 heteroatoms. The number of esters is 2. The third-order valence-corrected chi connectivity index (χ3v) is 16.6. The van der Waals surface area contributed by atoms with E-state index in [9.17, 15) is 19.5 Å². The second-order valence-electron chi connectivity index (χ2n) is 26.9. The van der Waals surface area contributed by atoms with Crippen LogP contribution in [0.1, 0.15) is 322 Å². The first-order valence-electron chi connectivity index (χ1n) is 39.0. The summed E-state index contributed by atoms with van der Waals surface area (Å²) in [4.78, 5) is 37.7. The lowest BCUT2D eigenvalue weighted by Gasteiger charge is -2.25. The first-order valence-corrected chi connectivity index (χ1v) is 39.0. The Morgan fingerprint density at radius 1 is 0.326 bits per heavy atom. The third-order valence-electron chi connectivity index (χ3n) is 16.6. The van der Waals surface area contributed by atoms with Gasteiger partial charge in [-0.25, -0.2) is 4.79 Å². The summed E-state index contributed by atoms with van der Waals surface area (Å²) in [6, 6.07) is 0. The van der Waals surface area contributed by atoms with Gasteiger partial charge in [0.1, 0.15) is 13.2 Å². The second-order valence-corrected chi connectivity index (χ2v) is 26.9. The monoisotopic (exact) mass is 1320 g/mol. The average molecular weight is 1320 g/mol. The van der Waals surface area contributed by atoms with E-state index in [1.807, 2.05) is 21.1 Å². The number of carbonyl (C=O) groups is 3. The summed E-state index contributed by atoms with van der Waals surface area (Å²) in [6.07, 6.45) is 107. The van der Waals surface area contributed by atoms with Gasteiger partial charge in [0, 0.05) is 12.8 Å². The fourth-order valence-corrected chi connectivity index (χ4v) is 10.7. The predicted octanol–water partition coefficient (Wildman–Crippen LogP) is 25.0. The number of carboxylic acid groups (broad SMARTS) is 1. The molecule has 2 atom stereocenters. The van der Waals surface area contributed by atoms with Gasteiger partial charge in [-0.2, -0.15) is 0 Å². The number of carbonyl (C=O) groups excluding carboxylic acids is 2. The van der Waals surface area contributed by atoms with E-state index in [-0.39, 0.29) is 32.2 Å². The molecule has 0 heterocycles. The number of likely N-dealkylation sites (N-methyl/N-ethyl adjacent to an activating group) is 1. The summed E-state index contributed by atoms with van der Waals surface area (Å²) >= 11 is 0. The number of nitrogens with zero attached hydrogens (tertiary/aromatic N) is 1. The Balaban J connectivity index is 4.09. The van der Waals surface area contributed by atoms with Gasteiger partial charge in [0.05, 0.1) is 34.4 Å². The Morgan fingerprint density at radius 2 is 0.600 bits per heavy atom. The minimum Gasteiger partial charge on any atom is -0.477 e. The molecule has 95 heavy (non-hydrogen) atoms. The van der Waals surface area contributed by atoms with Crippen LogP contribution in [-0.2, 0) is 33.3 Å². The molecule has 0 aliphatic heterocycles. The zero-order valence-corrected chi connectivity index (χ0v) is 62.0. The Morgan fingerprint density at radius 3 is 0.895 bits per heavy atom. The summed E-state index contributed by atoms with van der Waals surface area (Å²) < 4.78 is 23.0. The zero-order valence-electron chi connectivity index (χ0n) is 62.0. The summed E-state index contributed by atoms with van der Waals surface area (Å²) in [5.41, 5.74) is 0. The number of aliphatic carboxylic acids is 1. The van der Waals surface area contributed by atoms with Crippen molar-refractivity contribution in [2.24, 2.45) is 0 Å². The van der Waals surface area contributed by atoms with E-state index >= 15 is 0 Å². The molecule has 0 saturated carbocycles. The minimum absolute atomic E-state index is 0.183. The maximum absolute atomic E-state index is 13.0. The molecule has 0 aliphatic rings. The second kappa shape index (κ2) is 75.0. The van der Waals surface area contributed by atoms with Crippen molar-refractivity contribution in [3.05, 3.63) is 146 Å². The van der Waals surface area contributed by atoms with Crippen molar-refractivity contribution < 1.29 is 42.9 Å². The molecule has 9 nitrogen and oxygen atoms in total. The van der Waals surface area contributed by atoms with E-state index in [4.69, 9.17) is 18.9 Å². The van der Waals surface area contributed by atoms with Crippen LogP contribution in [0, 0.1) is 0 Å².